The number of nitrogens with one attached hydrogen (secondary N) is 2. The Balaban J connectivity index is 2.11. The van der Waals surface area contributed by atoms with Crippen molar-refractivity contribution in [2.75, 3.05) is 17.2 Å². The van der Waals surface area contributed by atoms with E-state index in [4.69, 9.17) is 0 Å². The minimum atomic E-state index is 0.529. The lowest BCUT2D eigenvalue weighted by Gasteiger charge is -2.10. The summed E-state index contributed by atoms with van der Waals surface area (Å²) in [5, 5.41) is 14.3. The van der Waals surface area contributed by atoms with E-state index in [0.717, 1.165) is 16.7 Å². The van der Waals surface area contributed by atoms with Gasteiger partial charge in [0.05, 0.1) is 11.9 Å². The molecule has 2 aromatic rings. The van der Waals surface area contributed by atoms with Crippen molar-refractivity contribution in [2.45, 2.75) is 20.8 Å². The predicted molar refractivity (Wildman–Crippen MR) is 85.3 cm³/mol. The Hall–Kier alpha value is -1.69. The minimum absolute atomic E-state index is 0.529. The number of hydrogen-bond donors (Lipinski definition) is 2. The molecule has 0 fully saturated rings. The summed E-state index contributed by atoms with van der Waals surface area (Å²) in [5.74, 6) is 1.73. The number of rotatable bonds is 5. The third-order valence-corrected chi connectivity index (χ3v) is 3.27. The van der Waals surface area contributed by atoms with Gasteiger partial charge < -0.3 is 10.6 Å². The zero-order valence-corrected chi connectivity index (χ0v) is 13.4. The number of aromatic nitrogens is 3. The van der Waals surface area contributed by atoms with Gasteiger partial charge in [0.15, 0.2) is 5.82 Å². The van der Waals surface area contributed by atoms with E-state index in [0.29, 0.717) is 17.7 Å². The van der Waals surface area contributed by atoms with Gasteiger partial charge in [0, 0.05) is 11.0 Å². The molecule has 0 atom stereocenters. The monoisotopic (exact) mass is 335 g/mol. The van der Waals surface area contributed by atoms with E-state index in [1.807, 2.05) is 12.1 Å². The first-order chi connectivity index (χ1) is 9.54. The van der Waals surface area contributed by atoms with Crippen molar-refractivity contribution in [1.29, 1.82) is 0 Å². The van der Waals surface area contributed by atoms with Crippen LogP contribution in [-0.2, 0) is 0 Å². The highest BCUT2D eigenvalue weighted by Gasteiger charge is 2.04. The molecule has 2 rings (SSSR count). The highest BCUT2D eigenvalue weighted by molar-refractivity contribution is 9.10. The first-order valence-corrected chi connectivity index (χ1v) is 7.30. The van der Waals surface area contributed by atoms with Gasteiger partial charge in [0.2, 0.25) is 5.95 Å². The summed E-state index contributed by atoms with van der Waals surface area (Å²) in [6, 6.07) is 6.09. The number of benzene rings is 1. The van der Waals surface area contributed by atoms with Crippen molar-refractivity contribution < 1.29 is 0 Å². The van der Waals surface area contributed by atoms with E-state index in [2.05, 4.69) is 68.6 Å². The van der Waals surface area contributed by atoms with Crippen LogP contribution in [0.1, 0.15) is 19.4 Å². The van der Waals surface area contributed by atoms with Gasteiger partial charge in [0.25, 0.3) is 0 Å². The third kappa shape index (κ3) is 4.16. The lowest BCUT2D eigenvalue weighted by molar-refractivity contribution is 0.682. The van der Waals surface area contributed by atoms with Crippen LogP contribution >= 0.6 is 15.9 Å². The van der Waals surface area contributed by atoms with Gasteiger partial charge >= 0.3 is 0 Å². The molecule has 0 spiro atoms. The molecule has 0 aliphatic heterocycles. The Morgan fingerprint density at radius 3 is 2.80 bits per heavy atom. The second kappa shape index (κ2) is 6.65. The van der Waals surface area contributed by atoms with Gasteiger partial charge in [-0.05, 0) is 46.5 Å². The van der Waals surface area contributed by atoms with Crippen LogP contribution in [-0.4, -0.2) is 21.7 Å². The topological polar surface area (TPSA) is 62.7 Å². The molecule has 0 unspecified atom stereocenters. The van der Waals surface area contributed by atoms with Crippen LogP contribution in [0.2, 0.25) is 0 Å². The Labute approximate surface area is 127 Å². The Morgan fingerprint density at radius 1 is 1.30 bits per heavy atom. The number of anilines is 3. The first kappa shape index (κ1) is 14.7. The van der Waals surface area contributed by atoms with Crippen LogP contribution in [0.5, 0.6) is 0 Å². The maximum atomic E-state index is 4.39. The highest BCUT2D eigenvalue weighted by Crippen LogP contribution is 2.25. The van der Waals surface area contributed by atoms with E-state index < -0.39 is 0 Å². The summed E-state index contributed by atoms with van der Waals surface area (Å²) >= 11 is 3.53. The van der Waals surface area contributed by atoms with E-state index in [1.165, 1.54) is 5.56 Å². The molecule has 0 saturated heterocycles. The fourth-order valence-corrected chi connectivity index (χ4v) is 2.19. The average Bonchev–Trinajstić information content (AvgIpc) is 2.40. The fraction of sp³-hybridized carbons (Fsp3) is 0.357. The molecular weight excluding hydrogens is 318 g/mol. The largest absolute Gasteiger partial charge is 0.353 e. The van der Waals surface area contributed by atoms with Gasteiger partial charge in [-0.1, -0.05) is 19.9 Å². The van der Waals surface area contributed by atoms with Crippen LogP contribution < -0.4 is 10.6 Å². The van der Waals surface area contributed by atoms with Crippen molar-refractivity contribution in [3.8, 4) is 0 Å². The molecule has 0 saturated carbocycles. The van der Waals surface area contributed by atoms with E-state index in [9.17, 15) is 0 Å². The number of nitrogens with zero attached hydrogens (tertiary/aromatic N) is 3. The SMILES string of the molecule is Cc1ccc(Nc2cnnc(NCC(C)C)n2)c(Br)c1. The zero-order chi connectivity index (χ0) is 14.5. The van der Waals surface area contributed by atoms with Crippen LogP contribution in [0.3, 0.4) is 0 Å². The van der Waals surface area contributed by atoms with Gasteiger partial charge in [0.1, 0.15) is 0 Å². The molecule has 0 aliphatic carbocycles. The van der Waals surface area contributed by atoms with Crippen molar-refractivity contribution in [3.63, 3.8) is 0 Å². The molecule has 5 nitrogen and oxygen atoms in total. The molecule has 20 heavy (non-hydrogen) atoms. The van der Waals surface area contributed by atoms with Crippen molar-refractivity contribution >= 4 is 33.4 Å². The normalized spacial score (nSPS) is 10.7. The molecular formula is C14H18BrN5. The first-order valence-electron chi connectivity index (χ1n) is 6.51. The average molecular weight is 336 g/mol. The summed E-state index contributed by atoms with van der Waals surface area (Å²) in [6.07, 6.45) is 1.60. The lowest BCUT2D eigenvalue weighted by atomic mass is 10.2. The summed E-state index contributed by atoms with van der Waals surface area (Å²) in [6.45, 7) is 7.13. The molecule has 1 heterocycles. The lowest BCUT2D eigenvalue weighted by Crippen LogP contribution is -2.11. The van der Waals surface area contributed by atoms with Gasteiger partial charge in [-0.25, -0.2) is 0 Å². The molecule has 106 valence electrons. The number of hydrogen-bond acceptors (Lipinski definition) is 5. The van der Waals surface area contributed by atoms with E-state index in [-0.39, 0.29) is 0 Å². The smallest absolute Gasteiger partial charge is 0.244 e. The minimum Gasteiger partial charge on any atom is -0.353 e. The van der Waals surface area contributed by atoms with E-state index >= 15 is 0 Å². The molecule has 2 N–H and O–H groups in total. The molecule has 1 aromatic carbocycles. The summed E-state index contributed by atoms with van der Waals surface area (Å²) in [5.41, 5.74) is 2.15. The molecule has 0 amide bonds. The molecule has 0 radical (unpaired) electrons. The highest BCUT2D eigenvalue weighted by atomic mass is 79.9. The molecule has 6 heteroatoms. The predicted octanol–water partition coefficient (Wildman–Crippen LogP) is 3.75. The Bertz CT molecular complexity index is 586. The summed E-state index contributed by atoms with van der Waals surface area (Å²) in [4.78, 5) is 4.39. The van der Waals surface area contributed by atoms with Crippen LogP contribution in [0.4, 0.5) is 17.5 Å². The molecule has 1 aromatic heterocycles. The second-order valence-electron chi connectivity index (χ2n) is 5.05. The molecule has 0 aliphatic rings. The Kier molecular flexibility index (Phi) is 4.89. The van der Waals surface area contributed by atoms with Crippen molar-refractivity contribution in [2.24, 2.45) is 5.92 Å². The van der Waals surface area contributed by atoms with Crippen LogP contribution in [0.15, 0.2) is 28.9 Å². The van der Waals surface area contributed by atoms with E-state index in [1.54, 1.807) is 6.20 Å². The maximum absolute atomic E-state index is 4.39. The fourth-order valence-electron chi connectivity index (χ4n) is 1.59. The molecule has 0 bridgehead atoms. The maximum Gasteiger partial charge on any atom is 0.244 e. The quantitative estimate of drug-likeness (QED) is 0.871. The third-order valence-electron chi connectivity index (χ3n) is 2.61. The zero-order valence-electron chi connectivity index (χ0n) is 11.8. The second-order valence-corrected chi connectivity index (χ2v) is 5.90. The van der Waals surface area contributed by atoms with Gasteiger partial charge in [-0.3, -0.25) is 0 Å². The summed E-state index contributed by atoms with van der Waals surface area (Å²) < 4.78 is 0.993. The van der Waals surface area contributed by atoms with Crippen molar-refractivity contribution in [3.05, 3.63) is 34.4 Å². The number of halogens is 1. The van der Waals surface area contributed by atoms with Crippen LogP contribution in [0.25, 0.3) is 0 Å². The summed E-state index contributed by atoms with van der Waals surface area (Å²) in [7, 11) is 0. The van der Waals surface area contributed by atoms with Gasteiger partial charge in [-0.2, -0.15) is 10.1 Å². The van der Waals surface area contributed by atoms with Crippen molar-refractivity contribution in [1.82, 2.24) is 15.2 Å². The standard InChI is InChI=1S/C14H18BrN5/c1-9(2)7-16-14-19-13(8-17-20-14)18-12-5-4-10(3)6-11(12)15/h4-6,8-9H,7H2,1-3H3,(H2,16,18,19,20). The Morgan fingerprint density at radius 2 is 2.10 bits per heavy atom. The van der Waals surface area contributed by atoms with Crippen LogP contribution in [0, 0.1) is 12.8 Å². The van der Waals surface area contributed by atoms with Gasteiger partial charge in [-0.15, -0.1) is 5.10 Å². The number of aryl methyl sites for hydroxylation is 1.